The predicted octanol–water partition coefficient (Wildman–Crippen LogP) is 2.10. The number of rotatable bonds is 12. The highest BCUT2D eigenvalue weighted by Gasteiger charge is 2.19. The van der Waals surface area contributed by atoms with E-state index < -0.39 is 36.7 Å². The summed E-state index contributed by atoms with van der Waals surface area (Å²) in [5.74, 6) is -0.979. The van der Waals surface area contributed by atoms with Gasteiger partial charge >= 0.3 is 17.0 Å². The number of benzene rings is 2. The van der Waals surface area contributed by atoms with Gasteiger partial charge in [-0.1, -0.05) is 24.3 Å². The Balaban J connectivity index is 1.67. The first-order valence-corrected chi connectivity index (χ1v) is 9.52. The van der Waals surface area contributed by atoms with Crippen LogP contribution in [0, 0.1) is 4.91 Å². The van der Waals surface area contributed by atoms with Crippen LogP contribution in [0.5, 0.6) is 11.5 Å². The van der Waals surface area contributed by atoms with E-state index >= 15 is 0 Å². The molecular weight excluding hydrogens is 422 g/mol. The van der Waals surface area contributed by atoms with Crippen molar-refractivity contribution in [1.82, 2.24) is 0 Å². The molecule has 0 saturated heterocycles. The SMILES string of the molecule is CC(=O)Oc1ccc(CC(=O)CO[N+](=O)OCC(=O)Cc2ccc(OC(C)=O)cc2)cc1. The second kappa shape index (κ2) is 11.9. The molecule has 0 saturated carbocycles. The summed E-state index contributed by atoms with van der Waals surface area (Å²) < 4.78 is 9.79. The van der Waals surface area contributed by atoms with Crippen LogP contribution >= 0.6 is 0 Å². The Labute approximate surface area is 183 Å². The van der Waals surface area contributed by atoms with Crippen LogP contribution in [0.2, 0.25) is 0 Å². The summed E-state index contributed by atoms with van der Waals surface area (Å²) >= 11 is 0. The summed E-state index contributed by atoms with van der Waals surface area (Å²) in [5.41, 5.74) is 1.28. The molecule has 0 aliphatic heterocycles. The lowest BCUT2D eigenvalue weighted by Gasteiger charge is -2.03. The fourth-order valence-electron chi connectivity index (χ4n) is 2.53. The van der Waals surface area contributed by atoms with Crippen molar-refractivity contribution in [2.24, 2.45) is 0 Å². The normalized spacial score (nSPS) is 10.1. The maximum atomic E-state index is 11.9. The summed E-state index contributed by atoms with van der Waals surface area (Å²) in [5, 5.41) is -0.274. The summed E-state index contributed by atoms with van der Waals surface area (Å²) in [6.07, 6.45) is -0.00702. The van der Waals surface area contributed by atoms with E-state index in [2.05, 4.69) is 9.68 Å². The van der Waals surface area contributed by atoms with Crippen LogP contribution in [-0.4, -0.2) is 41.8 Å². The zero-order chi connectivity index (χ0) is 23.5. The topological polar surface area (TPSA) is 125 Å². The van der Waals surface area contributed by atoms with E-state index in [-0.39, 0.29) is 17.9 Å². The maximum absolute atomic E-state index is 11.9. The Kier molecular flexibility index (Phi) is 9.03. The fourth-order valence-corrected chi connectivity index (χ4v) is 2.53. The first kappa shape index (κ1) is 24.2. The van der Waals surface area contributed by atoms with Crippen LogP contribution in [0.15, 0.2) is 48.5 Å². The zero-order valence-electron chi connectivity index (χ0n) is 17.6. The third-order valence-corrected chi connectivity index (χ3v) is 3.83. The number of esters is 2. The van der Waals surface area contributed by atoms with E-state index in [9.17, 15) is 24.1 Å². The van der Waals surface area contributed by atoms with Crippen LogP contribution < -0.4 is 9.47 Å². The molecule has 0 radical (unpaired) electrons. The fraction of sp³-hybridized carbons (Fsp3) is 0.273. The monoisotopic (exact) mass is 444 g/mol. The molecule has 0 spiro atoms. The minimum absolute atomic E-state index is 0.00351. The van der Waals surface area contributed by atoms with Crippen LogP contribution in [0.3, 0.4) is 0 Å². The quantitative estimate of drug-likeness (QED) is 0.275. The molecule has 2 aromatic rings. The van der Waals surface area contributed by atoms with Crippen LogP contribution in [0.25, 0.3) is 0 Å². The molecule has 0 unspecified atom stereocenters. The molecule has 0 aromatic heterocycles. The van der Waals surface area contributed by atoms with Gasteiger partial charge in [-0.2, -0.15) is 9.68 Å². The van der Waals surface area contributed by atoms with E-state index in [1.54, 1.807) is 48.5 Å². The van der Waals surface area contributed by atoms with Gasteiger partial charge in [0.2, 0.25) is 13.2 Å². The van der Waals surface area contributed by atoms with Gasteiger partial charge in [-0.05, 0) is 35.4 Å². The molecule has 0 aliphatic rings. The first-order valence-electron chi connectivity index (χ1n) is 9.52. The minimum Gasteiger partial charge on any atom is -0.427 e. The van der Waals surface area contributed by atoms with Crippen molar-refractivity contribution >= 4 is 23.5 Å². The van der Waals surface area contributed by atoms with Crippen LogP contribution in [0.1, 0.15) is 25.0 Å². The minimum atomic E-state index is -0.541. The van der Waals surface area contributed by atoms with E-state index in [1.807, 2.05) is 0 Å². The molecule has 0 amide bonds. The van der Waals surface area contributed by atoms with Gasteiger partial charge in [-0.15, -0.1) is 0 Å². The van der Waals surface area contributed by atoms with Crippen molar-refractivity contribution in [3.63, 3.8) is 0 Å². The number of ether oxygens (including phenoxy) is 2. The molecule has 0 heterocycles. The number of carbonyl (C=O) groups excluding carboxylic acids is 4. The molecule has 10 nitrogen and oxygen atoms in total. The second-order valence-electron chi connectivity index (χ2n) is 6.68. The predicted molar refractivity (Wildman–Crippen MR) is 108 cm³/mol. The number of hydrogen-bond donors (Lipinski definition) is 0. The Morgan fingerprint density at radius 3 is 1.31 bits per heavy atom. The smallest absolute Gasteiger partial charge is 0.427 e. The number of hydrogen-bond acceptors (Lipinski definition) is 9. The van der Waals surface area contributed by atoms with Crippen molar-refractivity contribution in [3.8, 4) is 11.5 Å². The number of ketones is 2. The first-order chi connectivity index (χ1) is 15.2. The van der Waals surface area contributed by atoms with Crippen molar-refractivity contribution < 1.29 is 43.4 Å². The van der Waals surface area contributed by atoms with Gasteiger partial charge in [0.15, 0.2) is 11.6 Å². The average Bonchev–Trinajstić information content (AvgIpc) is 2.73. The van der Waals surface area contributed by atoms with Crippen LogP contribution in [0.4, 0.5) is 0 Å². The molecule has 168 valence electrons. The van der Waals surface area contributed by atoms with Crippen LogP contribution in [-0.2, 0) is 41.7 Å². The number of nitrogens with zero attached hydrogens (tertiary/aromatic N) is 1. The van der Waals surface area contributed by atoms with Crippen molar-refractivity contribution in [1.29, 1.82) is 0 Å². The molecule has 0 fully saturated rings. The lowest BCUT2D eigenvalue weighted by atomic mass is 10.1. The van der Waals surface area contributed by atoms with Crippen molar-refractivity contribution in [3.05, 3.63) is 64.6 Å². The maximum Gasteiger partial charge on any atom is 0.478 e. The number of Topliss-reactive ketones (excluding diaryl/α,β-unsaturated/α-hetero) is 2. The molecule has 10 heteroatoms. The van der Waals surface area contributed by atoms with Crippen molar-refractivity contribution in [2.45, 2.75) is 26.7 Å². The van der Waals surface area contributed by atoms with Crippen molar-refractivity contribution in [2.75, 3.05) is 13.2 Å². The second-order valence-corrected chi connectivity index (χ2v) is 6.68. The van der Waals surface area contributed by atoms with Gasteiger partial charge < -0.3 is 9.47 Å². The van der Waals surface area contributed by atoms with Gasteiger partial charge in [0.05, 0.1) is 0 Å². The molecule has 2 aromatic carbocycles. The Morgan fingerprint density at radius 1 is 0.656 bits per heavy atom. The summed E-state index contributed by atoms with van der Waals surface area (Å²) in [6.45, 7) is 1.48. The molecule has 2 rings (SSSR count). The Morgan fingerprint density at radius 2 is 1.00 bits per heavy atom. The zero-order valence-corrected chi connectivity index (χ0v) is 17.6. The van der Waals surface area contributed by atoms with E-state index in [1.165, 1.54) is 13.8 Å². The van der Waals surface area contributed by atoms with E-state index in [0.29, 0.717) is 22.6 Å². The molecule has 0 N–H and O–H groups in total. The molecule has 0 bridgehead atoms. The number of carbonyl (C=O) groups is 4. The lowest BCUT2D eigenvalue weighted by molar-refractivity contribution is -0.977. The summed E-state index contributed by atoms with van der Waals surface area (Å²) in [7, 11) is 0. The highest BCUT2D eigenvalue weighted by atomic mass is 17.0. The third kappa shape index (κ3) is 9.16. The Bertz CT molecular complexity index is 902. The van der Waals surface area contributed by atoms with Gasteiger partial charge in [0, 0.05) is 26.7 Å². The van der Waals surface area contributed by atoms with E-state index in [4.69, 9.17) is 9.47 Å². The van der Waals surface area contributed by atoms with Gasteiger partial charge in [0.1, 0.15) is 16.4 Å². The van der Waals surface area contributed by atoms with Gasteiger partial charge in [-0.25, -0.2) is 0 Å². The molecule has 0 atom stereocenters. The standard InChI is InChI=1S/C22H22NO9/c1-15(24)31-21-7-3-17(4-8-21)11-19(26)13-29-23(28)30-14-20(27)12-18-5-9-22(10-6-18)32-16(2)25/h3-10H,11-14H2,1-2H3/q+1. The lowest BCUT2D eigenvalue weighted by Crippen LogP contribution is -2.21. The highest BCUT2D eigenvalue weighted by molar-refractivity contribution is 5.82. The largest absolute Gasteiger partial charge is 0.478 e. The summed E-state index contributed by atoms with van der Waals surface area (Å²) in [6, 6.07) is 12.6. The average molecular weight is 444 g/mol. The Hall–Kier alpha value is -4.08. The van der Waals surface area contributed by atoms with Gasteiger partial charge in [0.25, 0.3) is 0 Å². The highest BCUT2D eigenvalue weighted by Crippen LogP contribution is 2.14. The molecular formula is C22H22NO9+. The molecule has 0 aliphatic carbocycles. The third-order valence-electron chi connectivity index (χ3n) is 3.83. The molecule has 32 heavy (non-hydrogen) atoms. The van der Waals surface area contributed by atoms with Gasteiger partial charge in [-0.3, -0.25) is 19.2 Å². The summed E-state index contributed by atoms with van der Waals surface area (Å²) in [4.78, 5) is 66.4. The van der Waals surface area contributed by atoms with E-state index in [0.717, 1.165) is 0 Å².